The maximum Gasteiger partial charge on any atom is 0.243 e. The van der Waals surface area contributed by atoms with Crippen LogP contribution in [0.15, 0.2) is 18.2 Å². The molecular weight excluding hydrogens is 264 g/mol. The first-order valence-corrected chi connectivity index (χ1v) is 6.24. The summed E-state index contributed by atoms with van der Waals surface area (Å²) in [7, 11) is 1.78. The third-order valence-corrected chi connectivity index (χ3v) is 3.33. The monoisotopic (exact) mass is 284 g/mol. The van der Waals surface area contributed by atoms with Crippen LogP contribution in [0.3, 0.4) is 0 Å². The normalized spacial score (nSPS) is 21.9. The van der Waals surface area contributed by atoms with Gasteiger partial charge in [-0.05, 0) is 43.5 Å². The predicted octanol–water partition coefficient (Wildman–Crippen LogP) is 1.41. The fourth-order valence-electron chi connectivity index (χ4n) is 2.41. The molecule has 0 saturated carbocycles. The number of nitrogens with one attached hydrogen (secondary N) is 1. The van der Waals surface area contributed by atoms with Crippen molar-refractivity contribution in [2.75, 3.05) is 18.5 Å². The molecule has 19 heavy (non-hydrogen) atoms. The molecule has 1 fully saturated rings. The van der Waals surface area contributed by atoms with Gasteiger partial charge >= 0.3 is 0 Å². The number of halogens is 1. The lowest BCUT2D eigenvalue weighted by Gasteiger charge is -2.22. The first-order chi connectivity index (χ1) is 8.47. The van der Waals surface area contributed by atoms with E-state index in [0.29, 0.717) is 13.0 Å². The van der Waals surface area contributed by atoms with Gasteiger partial charge in [-0.1, -0.05) is 6.07 Å². The number of rotatable bonds is 2. The average molecular weight is 285 g/mol. The number of aliphatic hydroxyl groups excluding tert-OH is 1. The zero-order valence-electron chi connectivity index (χ0n) is 11.5. The van der Waals surface area contributed by atoms with Crippen molar-refractivity contribution in [3.63, 3.8) is 0 Å². The topological polar surface area (TPSA) is 52.6 Å². The average Bonchev–Trinajstić information content (AvgIpc) is 2.72. The fraction of sp³-hybridized carbons (Fsp3) is 0.500. The highest BCUT2D eigenvalue weighted by Crippen LogP contribution is 2.19. The van der Waals surface area contributed by atoms with Crippen molar-refractivity contribution in [3.05, 3.63) is 29.3 Å². The van der Waals surface area contributed by atoms with Gasteiger partial charge in [-0.2, -0.15) is 0 Å². The summed E-state index contributed by atoms with van der Waals surface area (Å²) in [5.74, 6) is 0.0107. The number of aryl methyl sites for hydroxylation is 2. The van der Waals surface area contributed by atoms with E-state index < -0.39 is 6.10 Å². The predicted molar refractivity (Wildman–Crippen MR) is 79.0 cm³/mol. The number of hydrogen-bond acceptors (Lipinski definition) is 3. The Morgan fingerprint density at radius 3 is 2.37 bits per heavy atom. The number of benzene rings is 1. The Kier molecular flexibility index (Phi) is 5.35. The molecule has 2 atom stereocenters. The number of β-amino-alcohol motifs (C(OH)–C–C–N with tert-alkyl or cyclic N) is 1. The van der Waals surface area contributed by atoms with Gasteiger partial charge in [-0.15, -0.1) is 12.4 Å². The second kappa shape index (κ2) is 6.37. The van der Waals surface area contributed by atoms with E-state index in [1.807, 2.05) is 26.0 Å². The second-order valence-corrected chi connectivity index (χ2v) is 5.09. The van der Waals surface area contributed by atoms with Crippen molar-refractivity contribution < 1.29 is 9.90 Å². The summed E-state index contributed by atoms with van der Waals surface area (Å²) < 4.78 is 0. The third kappa shape index (κ3) is 3.69. The quantitative estimate of drug-likeness (QED) is 0.863. The molecule has 1 saturated heterocycles. The number of carbonyl (C=O) groups excluding carboxylic acids is 1. The van der Waals surface area contributed by atoms with Crippen LogP contribution >= 0.6 is 12.4 Å². The van der Waals surface area contributed by atoms with E-state index in [1.54, 1.807) is 11.9 Å². The van der Waals surface area contributed by atoms with Crippen molar-refractivity contribution >= 4 is 24.0 Å². The number of aliphatic hydroxyl groups is 1. The van der Waals surface area contributed by atoms with Gasteiger partial charge in [0.2, 0.25) is 5.91 Å². The lowest BCUT2D eigenvalue weighted by molar-refractivity contribution is -0.120. The molecule has 0 aromatic heterocycles. The van der Waals surface area contributed by atoms with E-state index in [2.05, 4.69) is 11.4 Å². The summed E-state index contributed by atoms with van der Waals surface area (Å²) >= 11 is 0. The lowest BCUT2D eigenvalue weighted by atomic mass is 10.1. The Hall–Kier alpha value is -1.10. The minimum atomic E-state index is -0.411. The number of nitrogens with zero attached hydrogens (tertiary/aromatic N) is 1. The van der Waals surface area contributed by atoms with Crippen molar-refractivity contribution in [2.24, 2.45) is 0 Å². The van der Waals surface area contributed by atoms with Crippen LogP contribution < -0.4 is 10.2 Å². The SMILES string of the molecule is Cc1cc(C)cc(N(C)C(=O)C2CC(O)CN2)c1.Cl. The summed E-state index contributed by atoms with van der Waals surface area (Å²) in [6.07, 6.45) is 0.0835. The van der Waals surface area contributed by atoms with Gasteiger partial charge in [0.1, 0.15) is 0 Å². The van der Waals surface area contributed by atoms with E-state index in [4.69, 9.17) is 0 Å². The molecule has 1 aromatic rings. The molecule has 106 valence electrons. The molecule has 2 N–H and O–H groups in total. The molecule has 2 rings (SSSR count). The molecule has 1 amide bonds. The Labute approximate surface area is 120 Å². The van der Waals surface area contributed by atoms with Crippen LogP contribution in [0.5, 0.6) is 0 Å². The van der Waals surface area contributed by atoms with Gasteiger partial charge in [-0.25, -0.2) is 0 Å². The molecule has 0 bridgehead atoms. The van der Waals surface area contributed by atoms with Crippen LogP contribution in [0.1, 0.15) is 17.5 Å². The third-order valence-electron chi connectivity index (χ3n) is 3.33. The standard InChI is InChI=1S/C14H20N2O2.ClH/c1-9-4-10(2)6-11(5-9)16(3)14(18)13-7-12(17)8-15-13;/h4-6,12-13,15,17H,7-8H2,1-3H3;1H. The van der Waals surface area contributed by atoms with Gasteiger partial charge < -0.3 is 15.3 Å². The van der Waals surface area contributed by atoms with Crippen molar-refractivity contribution in [1.29, 1.82) is 0 Å². The molecule has 1 aromatic carbocycles. The van der Waals surface area contributed by atoms with E-state index in [0.717, 1.165) is 16.8 Å². The molecule has 4 nitrogen and oxygen atoms in total. The summed E-state index contributed by atoms with van der Waals surface area (Å²) in [5.41, 5.74) is 3.19. The van der Waals surface area contributed by atoms with E-state index in [9.17, 15) is 9.90 Å². The Bertz CT molecular complexity index is 445. The summed E-state index contributed by atoms with van der Waals surface area (Å²) in [6, 6.07) is 5.80. The first kappa shape index (κ1) is 16.0. The summed E-state index contributed by atoms with van der Waals surface area (Å²) in [5, 5.41) is 12.5. The highest BCUT2D eigenvalue weighted by Gasteiger charge is 2.30. The van der Waals surface area contributed by atoms with Crippen LogP contribution in [-0.2, 0) is 4.79 Å². The van der Waals surface area contributed by atoms with E-state index in [-0.39, 0.29) is 24.4 Å². The molecule has 5 heteroatoms. The van der Waals surface area contributed by atoms with Gasteiger partial charge in [-0.3, -0.25) is 4.79 Å². The molecular formula is C14H21ClN2O2. The van der Waals surface area contributed by atoms with E-state index >= 15 is 0 Å². The number of carbonyl (C=O) groups is 1. The number of likely N-dealkylation sites (N-methyl/N-ethyl adjacent to an activating group) is 1. The molecule has 1 aliphatic heterocycles. The van der Waals surface area contributed by atoms with Gasteiger partial charge in [0, 0.05) is 19.3 Å². The van der Waals surface area contributed by atoms with Gasteiger partial charge in [0.25, 0.3) is 0 Å². The summed E-state index contributed by atoms with van der Waals surface area (Å²) in [4.78, 5) is 13.9. The lowest BCUT2D eigenvalue weighted by Crippen LogP contribution is -2.41. The fourth-order valence-corrected chi connectivity index (χ4v) is 2.41. The van der Waals surface area contributed by atoms with Gasteiger partial charge in [0.05, 0.1) is 12.1 Å². The van der Waals surface area contributed by atoms with Crippen LogP contribution in [0.4, 0.5) is 5.69 Å². The number of hydrogen-bond donors (Lipinski definition) is 2. The van der Waals surface area contributed by atoms with Crippen molar-refractivity contribution in [2.45, 2.75) is 32.4 Å². The maximum atomic E-state index is 12.3. The Morgan fingerprint density at radius 1 is 1.32 bits per heavy atom. The second-order valence-electron chi connectivity index (χ2n) is 5.09. The molecule has 0 aliphatic carbocycles. The van der Waals surface area contributed by atoms with Crippen molar-refractivity contribution in [1.82, 2.24) is 5.32 Å². The highest BCUT2D eigenvalue weighted by molar-refractivity contribution is 5.97. The largest absolute Gasteiger partial charge is 0.392 e. The number of anilines is 1. The molecule has 2 unspecified atom stereocenters. The highest BCUT2D eigenvalue weighted by atomic mass is 35.5. The smallest absolute Gasteiger partial charge is 0.243 e. The minimum absolute atomic E-state index is 0. The first-order valence-electron chi connectivity index (χ1n) is 6.24. The zero-order valence-corrected chi connectivity index (χ0v) is 12.3. The van der Waals surface area contributed by atoms with Crippen LogP contribution in [0.2, 0.25) is 0 Å². The maximum absolute atomic E-state index is 12.3. The minimum Gasteiger partial charge on any atom is -0.392 e. The van der Waals surface area contributed by atoms with E-state index in [1.165, 1.54) is 0 Å². The molecule has 1 heterocycles. The summed E-state index contributed by atoms with van der Waals surface area (Å²) in [6.45, 7) is 4.54. The van der Waals surface area contributed by atoms with Crippen LogP contribution in [0, 0.1) is 13.8 Å². The van der Waals surface area contributed by atoms with Crippen LogP contribution in [-0.4, -0.2) is 36.8 Å². The molecule has 0 spiro atoms. The number of amides is 1. The zero-order chi connectivity index (χ0) is 13.3. The molecule has 0 radical (unpaired) electrons. The Balaban J connectivity index is 0.00000180. The van der Waals surface area contributed by atoms with Crippen molar-refractivity contribution in [3.8, 4) is 0 Å². The Morgan fingerprint density at radius 2 is 1.89 bits per heavy atom. The molecule has 1 aliphatic rings. The van der Waals surface area contributed by atoms with Crippen LogP contribution in [0.25, 0.3) is 0 Å². The van der Waals surface area contributed by atoms with Gasteiger partial charge in [0.15, 0.2) is 0 Å².